The van der Waals surface area contributed by atoms with Crippen molar-refractivity contribution in [2.75, 3.05) is 0 Å². The van der Waals surface area contributed by atoms with Crippen molar-refractivity contribution in [2.24, 2.45) is 5.92 Å². The molecule has 2 nitrogen and oxygen atoms in total. The summed E-state index contributed by atoms with van der Waals surface area (Å²) in [6.07, 6.45) is 4.10. The number of hydrogen-bond acceptors (Lipinski definition) is 2. The maximum absolute atomic E-state index is 14.3. The first-order chi connectivity index (χ1) is 12.3. The number of esters is 1. The molecule has 2 aromatic carbocycles. The van der Waals surface area contributed by atoms with Gasteiger partial charge in [-0.25, -0.2) is 22.4 Å². The van der Waals surface area contributed by atoms with Gasteiger partial charge in [-0.1, -0.05) is 25.8 Å². The van der Waals surface area contributed by atoms with Crippen LogP contribution in [0, 0.1) is 29.2 Å². The molecule has 0 aromatic heterocycles. The van der Waals surface area contributed by atoms with Crippen molar-refractivity contribution in [2.45, 2.75) is 38.5 Å². The second-order valence-electron chi connectivity index (χ2n) is 6.79. The fourth-order valence-electron chi connectivity index (χ4n) is 3.30. The molecule has 2 aromatic rings. The van der Waals surface area contributed by atoms with E-state index in [-0.39, 0.29) is 11.5 Å². The van der Waals surface area contributed by atoms with Gasteiger partial charge in [-0.15, -0.1) is 0 Å². The van der Waals surface area contributed by atoms with E-state index in [9.17, 15) is 22.4 Å². The third-order valence-electron chi connectivity index (χ3n) is 4.87. The smallest absolute Gasteiger partial charge is 0.346 e. The SMILES string of the molecule is CC1CCC(c2ccc(C(=O)Oc3cc(F)c(F)c(F)c3)c(F)c2)CC1. The lowest BCUT2D eigenvalue weighted by Crippen LogP contribution is -2.14. The fourth-order valence-corrected chi connectivity index (χ4v) is 3.30. The van der Waals surface area contributed by atoms with Gasteiger partial charge in [0.15, 0.2) is 17.5 Å². The van der Waals surface area contributed by atoms with Gasteiger partial charge in [-0.05, 0) is 42.4 Å². The molecule has 6 heteroatoms. The summed E-state index contributed by atoms with van der Waals surface area (Å²) < 4.78 is 58.4. The lowest BCUT2D eigenvalue weighted by Gasteiger charge is -2.26. The Hall–Kier alpha value is -2.37. The number of benzene rings is 2. The van der Waals surface area contributed by atoms with E-state index in [1.807, 2.05) is 0 Å². The van der Waals surface area contributed by atoms with E-state index < -0.39 is 35.0 Å². The molecular weight excluding hydrogens is 348 g/mol. The third kappa shape index (κ3) is 3.89. The zero-order valence-electron chi connectivity index (χ0n) is 14.2. The van der Waals surface area contributed by atoms with Crippen molar-refractivity contribution in [3.63, 3.8) is 0 Å². The Morgan fingerprint density at radius 1 is 0.923 bits per heavy atom. The summed E-state index contributed by atoms with van der Waals surface area (Å²) >= 11 is 0. The van der Waals surface area contributed by atoms with Crippen molar-refractivity contribution in [3.05, 3.63) is 64.7 Å². The van der Waals surface area contributed by atoms with Crippen LogP contribution >= 0.6 is 0 Å². The van der Waals surface area contributed by atoms with Crippen LogP contribution in [0.25, 0.3) is 0 Å². The van der Waals surface area contributed by atoms with E-state index in [0.29, 0.717) is 18.1 Å². The highest BCUT2D eigenvalue weighted by Crippen LogP contribution is 2.36. The minimum absolute atomic E-state index is 0.256. The molecule has 0 bridgehead atoms. The maximum Gasteiger partial charge on any atom is 0.346 e. The normalized spacial score (nSPS) is 20.0. The second-order valence-corrected chi connectivity index (χ2v) is 6.79. The Kier molecular flexibility index (Phi) is 5.30. The Morgan fingerprint density at radius 3 is 2.12 bits per heavy atom. The van der Waals surface area contributed by atoms with E-state index in [2.05, 4.69) is 6.92 Å². The molecule has 0 amide bonds. The summed E-state index contributed by atoms with van der Waals surface area (Å²) in [6.45, 7) is 2.19. The van der Waals surface area contributed by atoms with Gasteiger partial charge in [0.1, 0.15) is 11.6 Å². The molecule has 0 aliphatic heterocycles. The average molecular weight is 366 g/mol. The molecule has 0 saturated heterocycles. The molecule has 1 aliphatic carbocycles. The molecule has 1 saturated carbocycles. The van der Waals surface area contributed by atoms with Crippen molar-refractivity contribution < 1.29 is 27.1 Å². The van der Waals surface area contributed by atoms with Crippen LogP contribution in [-0.2, 0) is 0 Å². The first-order valence-electron chi connectivity index (χ1n) is 8.51. The van der Waals surface area contributed by atoms with Crippen molar-refractivity contribution >= 4 is 5.97 Å². The second kappa shape index (κ2) is 7.48. The lowest BCUT2D eigenvalue weighted by molar-refractivity contribution is 0.0728. The van der Waals surface area contributed by atoms with Gasteiger partial charge in [0.2, 0.25) is 0 Å². The lowest BCUT2D eigenvalue weighted by atomic mass is 9.79. The van der Waals surface area contributed by atoms with Crippen LogP contribution in [0.15, 0.2) is 30.3 Å². The quantitative estimate of drug-likeness (QED) is 0.299. The van der Waals surface area contributed by atoms with Gasteiger partial charge in [0.05, 0.1) is 5.56 Å². The fraction of sp³-hybridized carbons (Fsp3) is 0.350. The first kappa shape index (κ1) is 18.4. The Labute approximate surface area is 148 Å². The minimum atomic E-state index is -1.66. The molecule has 26 heavy (non-hydrogen) atoms. The molecule has 0 unspecified atom stereocenters. The highest BCUT2D eigenvalue weighted by molar-refractivity contribution is 5.91. The highest BCUT2D eigenvalue weighted by Gasteiger charge is 2.22. The van der Waals surface area contributed by atoms with Crippen LogP contribution in [0.2, 0.25) is 0 Å². The zero-order chi connectivity index (χ0) is 18.8. The van der Waals surface area contributed by atoms with Gasteiger partial charge < -0.3 is 4.74 Å². The predicted octanol–water partition coefficient (Wildman–Crippen LogP) is 5.76. The topological polar surface area (TPSA) is 26.3 Å². The van der Waals surface area contributed by atoms with E-state index in [4.69, 9.17) is 4.74 Å². The van der Waals surface area contributed by atoms with Crippen LogP contribution in [0.5, 0.6) is 5.75 Å². The van der Waals surface area contributed by atoms with Crippen LogP contribution < -0.4 is 4.74 Å². The van der Waals surface area contributed by atoms with E-state index in [0.717, 1.165) is 31.2 Å². The summed E-state index contributed by atoms with van der Waals surface area (Å²) in [5.41, 5.74) is 0.480. The van der Waals surface area contributed by atoms with Gasteiger partial charge in [-0.2, -0.15) is 0 Å². The number of ether oxygens (including phenoxy) is 1. The molecule has 1 aliphatic rings. The van der Waals surface area contributed by atoms with E-state index in [1.54, 1.807) is 6.07 Å². The number of carbonyl (C=O) groups excluding carboxylic acids is 1. The summed E-state index contributed by atoms with van der Waals surface area (Å²) in [5.74, 6) is -6.11. The summed E-state index contributed by atoms with van der Waals surface area (Å²) in [6, 6.07) is 5.36. The molecule has 1 fully saturated rings. The third-order valence-corrected chi connectivity index (χ3v) is 4.87. The number of carbonyl (C=O) groups is 1. The largest absolute Gasteiger partial charge is 0.423 e. The van der Waals surface area contributed by atoms with Crippen LogP contribution in [0.3, 0.4) is 0 Å². The Morgan fingerprint density at radius 2 is 1.54 bits per heavy atom. The standard InChI is InChI=1S/C20H18F4O2/c1-11-2-4-12(5-3-11)13-6-7-15(16(21)8-13)20(25)26-14-9-17(22)19(24)18(23)10-14/h6-12H,2-5H2,1H3. The maximum atomic E-state index is 14.3. The summed E-state index contributed by atoms with van der Waals surface area (Å²) in [4.78, 5) is 12.1. The van der Waals surface area contributed by atoms with Crippen LogP contribution in [0.1, 0.15) is 54.4 Å². The molecule has 0 radical (unpaired) electrons. The average Bonchev–Trinajstić information content (AvgIpc) is 2.60. The summed E-state index contributed by atoms with van der Waals surface area (Å²) in [5, 5.41) is 0. The molecular formula is C20H18F4O2. The Balaban J connectivity index is 1.76. The highest BCUT2D eigenvalue weighted by atomic mass is 19.2. The van der Waals surface area contributed by atoms with E-state index in [1.165, 1.54) is 12.1 Å². The van der Waals surface area contributed by atoms with Crippen molar-refractivity contribution in [1.29, 1.82) is 0 Å². The number of rotatable bonds is 3. The van der Waals surface area contributed by atoms with Gasteiger partial charge in [0.25, 0.3) is 0 Å². The van der Waals surface area contributed by atoms with Crippen LogP contribution in [0.4, 0.5) is 17.6 Å². The van der Waals surface area contributed by atoms with Gasteiger partial charge in [0, 0.05) is 12.1 Å². The molecule has 0 spiro atoms. The van der Waals surface area contributed by atoms with Crippen molar-refractivity contribution in [1.82, 2.24) is 0 Å². The van der Waals surface area contributed by atoms with Crippen molar-refractivity contribution in [3.8, 4) is 5.75 Å². The summed E-state index contributed by atoms with van der Waals surface area (Å²) in [7, 11) is 0. The van der Waals surface area contributed by atoms with Gasteiger partial charge in [-0.3, -0.25) is 0 Å². The number of hydrogen-bond donors (Lipinski definition) is 0. The van der Waals surface area contributed by atoms with Crippen LogP contribution in [-0.4, -0.2) is 5.97 Å². The molecule has 0 heterocycles. The molecule has 0 atom stereocenters. The minimum Gasteiger partial charge on any atom is -0.423 e. The predicted molar refractivity (Wildman–Crippen MR) is 88.0 cm³/mol. The molecule has 3 rings (SSSR count). The first-order valence-corrected chi connectivity index (χ1v) is 8.51. The Bertz CT molecular complexity index is 804. The van der Waals surface area contributed by atoms with Gasteiger partial charge >= 0.3 is 5.97 Å². The number of halogens is 4. The van der Waals surface area contributed by atoms with E-state index >= 15 is 0 Å². The molecule has 138 valence electrons. The molecule has 0 N–H and O–H groups in total. The monoisotopic (exact) mass is 366 g/mol. The zero-order valence-corrected chi connectivity index (χ0v) is 14.2.